The standard InChI is InChI=1S/C22H28Cl2FN3O/c1-13(23)4-3-5-17(25)20-21(27)19(12-29)28(11-14-6-7-14)22(20,2)16-9-8-15(24)10-18(16)26/h3-5,8-10,14,19-21,29H,1,6-7,11-12,26-27H2,2H3/b4-3-,17-5-/t19?,20-,21?,22+/m1/s1. The van der Waals surface area contributed by atoms with Gasteiger partial charge in [-0.2, -0.15) is 0 Å². The minimum Gasteiger partial charge on any atom is -0.398 e. The van der Waals surface area contributed by atoms with E-state index in [1.54, 1.807) is 12.1 Å². The number of hydrogen-bond acceptors (Lipinski definition) is 4. The van der Waals surface area contributed by atoms with Crippen molar-refractivity contribution in [2.75, 3.05) is 18.9 Å². The molecule has 1 saturated heterocycles. The van der Waals surface area contributed by atoms with Crippen molar-refractivity contribution in [1.82, 2.24) is 4.90 Å². The van der Waals surface area contributed by atoms with Crippen LogP contribution in [0.15, 0.2) is 53.9 Å². The quantitative estimate of drug-likeness (QED) is 0.436. The molecule has 1 aliphatic carbocycles. The first-order chi connectivity index (χ1) is 13.7. The van der Waals surface area contributed by atoms with E-state index in [0.29, 0.717) is 21.7 Å². The molecule has 2 aliphatic rings. The van der Waals surface area contributed by atoms with Gasteiger partial charge in [-0.3, -0.25) is 4.90 Å². The Balaban J connectivity index is 2.13. The van der Waals surface area contributed by atoms with Crippen LogP contribution < -0.4 is 11.5 Å². The van der Waals surface area contributed by atoms with Gasteiger partial charge in [0.2, 0.25) is 0 Å². The number of nitrogen functional groups attached to an aromatic ring is 1. The predicted molar refractivity (Wildman–Crippen MR) is 118 cm³/mol. The van der Waals surface area contributed by atoms with Crippen LogP contribution in [0, 0.1) is 11.8 Å². The molecule has 1 aromatic carbocycles. The number of anilines is 1. The van der Waals surface area contributed by atoms with Crippen LogP contribution >= 0.6 is 23.2 Å². The van der Waals surface area contributed by atoms with Gasteiger partial charge in [0.25, 0.3) is 0 Å². The fraction of sp³-hybridized carbons (Fsp3) is 0.455. The maximum absolute atomic E-state index is 15.5. The van der Waals surface area contributed by atoms with Crippen molar-refractivity contribution in [3.63, 3.8) is 0 Å². The summed E-state index contributed by atoms with van der Waals surface area (Å²) in [4.78, 5) is 2.14. The van der Waals surface area contributed by atoms with Crippen molar-refractivity contribution in [3.05, 3.63) is 64.5 Å². The van der Waals surface area contributed by atoms with E-state index >= 15 is 4.39 Å². The van der Waals surface area contributed by atoms with Crippen molar-refractivity contribution in [2.24, 2.45) is 17.6 Å². The van der Waals surface area contributed by atoms with E-state index in [-0.39, 0.29) is 18.5 Å². The highest BCUT2D eigenvalue weighted by Crippen LogP contribution is 2.52. The third-order valence-electron chi connectivity index (χ3n) is 6.16. The summed E-state index contributed by atoms with van der Waals surface area (Å²) in [5.41, 5.74) is 13.3. The smallest absolute Gasteiger partial charge is 0.107 e. The van der Waals surface area contributed by atoms with Gasteiger partial charge >= 0.3 is 0 Å². The first-order valence-electron chi connectivity index (χ1n) is 9.77. The summed E-state index contributed by atoms with van der Waals surface area (Å²) in [5, 5.41) is 10.9. The maximum atomic E-state index is 15.5. The Bertz CT molecular complexity index is 839. The van der Waals surface area contributed by atoms with Crippen LogP contribution in [0.5, 0.6) is 0 Å². The molecule has 158 valence electrons. The average molecular weight is 440 g/mol. The molecule has 7 heteroatoms. The molecule has 0 spiro atoms. The molecule has 0 aromatic heterocycles. The molecule has 1 aromatic rings. The largest absolute Gasteiger partial charge is 0.398 e. The molecule has 0 radical (unpaired) electrons. The van der Waals surface area contributed by atoms with Gasteiger partial charge in [0.05, 0.1) is 12.1 Å². The van der Waals surface area contributed by atoms with Crippen LogP contribution in [0.4, 0.5) is 10.1 Å². The maximum Gasteiger partial charge on any atom is 0.107 e. The van der Waals surface area contributed by atoms with E-state index in [2.05, 4.69) is 11.5 Å². The Morgan fingerprint density at radius 1 is 1.45 bits per heavy atom. The van der Waals surface area contributed by atoms with Gasteiger partial charge in [0.1, 0.15) is 5.83 Å². The number of nitrogens with zero attached hydrogens (tertiary/aromatic N) is 1. The Hall–Kier alpha value is -1.37. The van der Waals surface area contributed by atoms with Gasteiger partial charge in [0, 0.05) is 40.3 Å². The number of likely N-dealkylation sites (tertiary alicyclic amines) is 1. The highest BCUT2D eigenvalue weighted by atomic mass is 35.5. The number of allylic oxidation sites excluding steroid dienone is 4. The van der Waals surface area contributed by atoms with Crippen LogP contribution in [-0.4, -0.2) is 35.2 Å². The Kier molecular flexibility index (Phi) is 6.76. The normalized spacial score (nSPS) is 31.0. The van der Waals surface area contributed by atoms with Crippen molar-refractivity contribution < 1.29 is 9.50 Å². The first-order valence-corrected chi connectivity index (χ1v) is 10.5. The second-order valence-corrected chi connectivity index (χ2v) is 9.06. The molecule has 4 atom stereocenters. The third kappa shape index (κ3) is 4.39. The van der Waals surface area contributed by atoms with Gasteiger partial charge in [-0.25, -0.2) is 4.39 Å². The highest BCUT2D eigenvalue weighted by Gasteiger charge is 2.58. The van der Waals surface area contributed by atoms with Crippen LogP contribution in [0.2, 0.25) is 5.02 Å². The molecule has 1 heterocycles. The van der Waals surface area contributed by atoms with E-state index in [4.69, 9.17) is 34.7 Å². The minimum absolute atomic E-state index is 0.158. The number of benzene rings is 1. The third-order valence-corrected chi connectivity index (χ3v) is 6.52. The zero-order valence-corrected chi connectivity index (χ0v) is 18.0. The van der Waals surface area contributed by atoms with Crippen molar-refractivity contribution in [3.8, 4) is 0 Å². The molecule has 29 heavy (non-hydrogen) atoms. The molecule has 2 fully saturated rings. The summed E-state index contributed by atoms with van der Waals surface area (Å²) in [6.45, 7) is 6.09. The topological polar surface area (TPSA) is 75.5 Å². The summed E-state index contributed by atoms with van der Waals surface area (Å²) in [7, 11) is 0. The lowest BCUT2D eigenvalue weighted by atomic mass is 9.76. The molecular formula is C22H28Cl2FN3O. The molecule has 5 N–H and O–H groups in total. The van der Waals surface area contributed by atoms with Crippen molar-refractivity contribution in [2.45, 2.75) is 37.4 Å². The number of halogens is 3. The Morgan fingerprint density at radius 2 is 2.14 bits per heavy atom. The van der Waals surface area contributed by atoms with Gasteiger partial charge < -0.3 is 16.6 Å². The van der Waals surface area contributed by atoms with E-state index in [1.165, 1.54) is 18.2 Å². The van der Waals surface area contributed by atoms with Gasteiger partial charge in [-0.15, -0.1) is 0 Å². The monoisotopic (exact) mass is 439 g/mol. The summed E-state index contributed by atoms with van der Waals surface area (Å²) in [6.07, 6.45) is 6.64. The molecule has 0 amide bonds. The van der Waals surface area contributed by atoms with E-state index in [1.807, 2.05) is 13.0 Å². The van der Waals surface area contributed by atoms with Gasteiger partial charge in [0.15, 0.2) is 0 Å². The number of aliphatic hydroxyl groups is 1. The van der Waals surface area contributed by atoms with Gasteiger partial charge in [-0.1, -0.05) is 41.9 Å². The lowest BCUT2D eigenvalue weighted by Crippen LogP contribution is -2.48. The number of hydrogen-bond donors (Lipinski definition) is 3. The second kappa shape index (κ2) is 8.78. The van der Waals surface area contributed by atoms with E-state index in [0.717, 1.165) is 24.9 Å². The molecule has 4 nitrogen and oxygen atoms in total. The number of nitrogens with two attached hydrogens (primary N) is 2. The lowest BCUT2D eigenvalue weighted by Gasteiger charge is -2.42. The second-order valence-electron chi connectivity index (χ2n) is 8.14. The molecule has 1 aliphatic heterocycles. The van der Waals surface area contributed by atoms with Crippen LogP contribution in [0.3, 0.4) is 0 Å². The SMILES string of the molecule is C=C(Cl)/C=C\C=C(/F)[C@@H]1C(N)C(CO)N(CC2CC2)[C@@]1(C)c1ccc(Cl)cc1N. The predicted octanol–water partition coefficient (Wildman–Crippen LogP) is 4.33. The zero-order valence-electron chi connectivity index (χ0n) is 16.5. The van der Waals surface area contributed by atoms with Crippen LogP contribution in [0.25, 0.3) is 0 Å². The van der Waals surface area contributed by atoms with Crippen molar-refractivity contribution >= 4 is 28.9 Å². The Morgan fingerprint density at radius 3 is 2.69 bits per heavy atom. The van der Waals surface area contributed by atoms with Gasteiger partial charge in [-0.05, 0) is 55.5 Å². The molecule has 2 unspecified atom stereocenters. The Labute approximate surface area is 181 Å². The zero-order chi connectivity index (χ0) is 21.3. The summed E-state index contributed by atoms with van der Waals surface area (Å²) in [6, 6.07) is 4.27. The molecule has 3 rings (SSSR count). The lowest BCUT2D eigenvalue weighted by molar-refractivity contribution is 0.0592. The summed E-state index contributed by atoms with van der Waals surface area (Å²) in [5.74, 6) is -0.565. The highest BCUT2D eigenvalue weighted by molar-refractivity contribution is 6.31. The fourth-order valence-corrected chi connectivity index (χ4v) is 4.82. The fourth-order valence-electron chi connectivity index (χ4n) is 4.57. The van der Waals surface area contributed by atoms with Crippen molar-refractivity contribution in [1.29, 1.82) is 0 Å². The average Bonchev–Trinajstić information content (AvgIpc) is 3.41. The first kappa shape index (κ1) is 22.3. The van der Waals surface area contributed by atoms with E-state index in [9.17, 15) is 5.11 Å². The minimum atomic E-state index is -0.837. The summed E-state index contributed by atoms with van der Waals surface area (Å²) < 4.78 is 15.5. The summed E-state index contributed by atoms with van der Waals surface area (Å²) >= 11 is 11.8. The number of rotatable bonds is 7. The van der Waals surface area contributed by atoms with E-state index < -0.39 is 17.5 Å². The molecule has 1 saturated carbocycles. The van der Waals surface area contributed by atoms with Crippen LogP contribution in [-0.2, 0) is 5.54 Å². The van der Waals surface area contributed by atoms with Crippen LogP contribution in [0.1, 0.15) is 25.3 Å². The molecule has 0 bridgehead atoms. The molecular weight excluding hydrogens is 412 g/mol. The number of aliphatic hydroxyl groups excluding tert-OH is 1.